The second kappa shape index (κ2) is 8.35. The fourth-order valence-corrected chi connectivity index (χ4v) is 3.59. The summed E-state index contributed by atoms with van der Waals surface area (Å²) in [7, 11) is 1.54. The third-order valence-corrected chi connectivity index (χ3v) is 4.83. The normalized spacial score (nSPS) is 17.1. The van der Waals surface area contributed by atoms with Crippen molar-refractivity contribution in [2.75, 3.05) is 13.7 Å². The van der Waals surface area contributed by atoms with Gasteiger partial charge in [-0.05, 0) is 37.1 Å². The van der Waals surface area contributed by atoms with Crippen LogP contribution in [0.4, 0.5) is 0 Å². The van der Waals surface area contributed by atoms with Crippen LogP contribution in [0.25, 0.3) is 6.08 Å². The van der Waals surface area contributed by atoms with E-state index in [4.69, 9.17) is 21.7 Å². The van der Waals surface area contributed by atoms with E-state index in [1.54, 1.807) is 31.4 Å². The first-order valence-electron chi connectivity index (χ1n) is 7.67. The van der Waals surface area contributed by atoms with Crippen LogP contribution in [0.5, 0.6) is 11.5 Å². The second-order valence-electron chi connectivity index (χ2n) is 5.31. The molecule has 0 aliphatic carbocycles. The molecule has 1 aromatic carbocycles. The van der Waals surface area contributed by atoms with Gasteiger partial charge < -0.3 is 19.4 Å². The molecular weight excluding hydrogens is 362 g/mol. The number of hydrogen-bond acceptors (Lipinski definition) is 7. The van der Waals surface area contributed by atoms with Gasteiger partial charge in [-0.2, -0.15) is 0 Å². The third-order valence-electron chi connectivity index (χ3n) is 3.50. The standard InChI is InChI=1S/C17H19NO5S2/c1-4-7-23-12-6-5-11(8-13(12)22-3)9-14-15(19)18(17(24)25-14)10(2)16(20)21/h5-6,8-10H,4,7H2,1-3H3,(H,20,21)/p-1. The lowest BCUT2D eigenvalue weighted by Gasteiger charge is -2.23. The molecule has 1 aliphatic heterocycles. The molecule has 1 amide bonds. The highest BCUT2D eigenvalue weighted by Crippen LogP contribution is 2.35. The zero-order valence-corrected chi connectivity index (χ0v) is 15.7. The number of hydrogen-bond donors (Lipinski definition) is 0. The lowest BCUT2D eigenvalue weighted by molar-refractivity contribution is -0.309. The van der Waals surface area contributed by atoms with E-state index in [1.807, 2.05) is 6.92 Å². The van der Waals surface area contributed by atoms with Crippen molar-refractivity contribution in [3.05, 3.63) is 28.7 Å². The molecule has 1 atom stereocenters. The Labute approximate surface area is 155 Å². The first kappa shape index (κ1) is 19.3. The predicted octanol–water partition coefficient (Wildman–Crippen LogP) is 1.82. The minimum atomic E-state index is -1.35. The summed E-state index contributed by atoms with van der Waals surface area (Å²) in [6, 6.07) is 4.20. The highest BCUT2D eigenvalue weighted by Gasteiger charge is 2.35. The predicted molar refractivity (Wildman–Crippen MR) is 98.3 cm³/mol. The number of aliphatic carboxylic acids is 1. The molecule has 2 rings (SSSR count). The number of ether oxygens (including phenoxy) is 2. The van der Waals surface area contributed by atoms with Crippen molar-refractivity contribution in [1.29, 1.82) is 0 Å². The van der Waals surface area contributed by atoms with E-state index < -0.39 is 17.9 Å². The Balaban J connectivity index is 2.27. The van der Waals surface area contributed by atoms with Gasteiger partial charge in [0.25, 0.3) is 5.91 Å². The Hall–Kier alpha value is -2.06. The lowest BCUT2D eigenvalue weighted by atomic mass is 10.1. The molecule has 0 radical (unpaired) electrons. The summed E-state index contributed by atoms with van der Waals surface area (Å²) >= 11 is 6.17. The molecule has 0 saturated carbocycles. The molecule has 0 N–H and O–H groups in total. The summed E-state index contributed by atoms with van der Waals surface area (Å²) in [5.74, 6) is -0.617. The van der Waals surface area contributed by atoms with Crippen LogP contribution in [0.15, 0.2) is 23.1 Å². The summed E-state index contributed by atoms with van der Waals surface area (Å²) in [6.45, 7) is 3.96. The number of thiocarbonyl (C=S) groups is 1. The largest absolute Gasteiger partial charge is 0.548 e. The summed E-state index contributed by atoms with van der Waals surface area (Å²) < 4.78 is 11.1. The number of benzene rings is 1. The highest BCUT2D eigenvalue weighted by atomic mass is 32.2. The van der Waals surface area contributed by atoms with Crippen molar-refractivity contribution in [3.63, 3.8) is 0 Å². The number of thioether (sulfide) groups is 1. The van der Waals surface area contributed by atoms with E-state index in [2.05, 4.69) is 0 Å². The number of methoxy groups -OCH3 is 1. The molecule has 1 unspecified atom stereocenters. The van der Waals surface area contributed by atoms with Gasteiger partial charge in [0.15, 0.2) is 11.5 Å². The Kier molecular flexibility index (Phi) is 6.44. The number of rotatable bonds is 7. The number of amides is 1. The molecule has 1 aromatic rings. The van der Waals surface area contributed by atoms with Crippen LogP contribution in [0.3, 0.4) is 0 Å². The quantitative estimate of drug-likeness (QED) is 0.527. The van der Waals surface area contributed by atoms with E-state index in [-0.39, 0.29) is 4.32 Å². The lowest BCUT2D eigenvalue weighted by Crippen LogP contribution is -2.48. The van der Waals surface area contributed by atoms with Crippen LogP contribution >= 0.6 is 24.0 Å². The van der Waals surface area contributed by atoms with E-state index in [1.165, 1.54) is 6.92 Å². The second-order valence-corrected chi connectivity index (χ2v) is 6.98. The maximum Gasteiger partial charge on any atom is 0.266 e. The Morgan fingerprint density at radius 1 is 1.44 bits per heavy atom. The molecule has 1 aliphatic rings. The highest BCUT2D eigenvalue weighted by molar-refractivity contribution is 8.26. The zero-order chi connectivity index (χ0) is 18.6. The maximum absolute atomic E-state index is 12.4. The van der Waals surface area contributed by atoms with Gasteiger partial charge in [-0.3, -0.25) is 9.69 Å². The van der Waals surface area contributed by atoms with Crippen LogP contribution in [-0.4, -0.2) is 40.9 Å². The van der Waals surface area contributed by atoms with Gasteiger partial charge in [0, 0.05) is 0 Å². The molecule has 1 saturated heterocycles. The number of carboxylic acids is 1. The minimum absolute atomic E-state index is 0.197. The Morgan fingerprint density at radius 3 is 2.76 bits per heavy atom. The summed E-state index contributed by atoms with van der Waals surface area (Å²) in [6.07, 6.45) is 2.53. The van der Waals surface area contributed by atoms with Crippen molar-refractivity contribution in [2.45, 2.75) is 26.3 Å². The van der Waals surface area contributed by atoms with Crippen LogP contribution in [0, 0.1) is 0 Å². The topological polar surface area (TPSA) is 78.9 Å². The van der Waals surface area contributed by atoms with Crippen LogP contribution in [0.2, 0.25) is 0 Å². The molecule has 0 aromatic heterocycles. The van der Waals surface area contributed by atoms with E-state index in [0.717, 1.165) is 28.6 Å². The van der Waals surface area contributed by atoms with Gasteiger partial charge in [-0.15, -0.1) is 0 Å². The van der Waals surface area contributed by atoms with Crippen molar-refractivity contribution in [1.82, 2.24) is 4.90 Å². The molecule has 8 heteroatoms. The van der Waals surface area contributed by atoms with Crippen LogP contribution < -0.4 is 14.6 Å². The smallest absolute Gasteiger partial charge is 0.266 e. The summed E-state index contributed by atoms with van der Waals surface area (Å²) in [5.41, 5.74) is 0.724. The van der Waals surface area contributed by atoms with Crippen LogP contribution in [0.1, 0.15) is 25.8 Å². The van der Waals surface area contributed by atoms with Gasteiger partial charge in [0.1, 0.15) is 4.32 Å². The number of carbonyl (C=O) groups is 2. The Bertz CT molecular complexity index is 732. The van der Waals surface area contributed by atoms with Crippen molar-refractivity contribution in [2.24, 2.45) is 0 Å². The first-order valence-corrected chi connectivity index (χ1v) is 8.90. The molecule has 6 nitrogen and oxygen atoms in total. The number of carboxylic acid groups (broad SMARTS) is 1. The zero-order valence-electron chi connectivity index (χ0n) is 14.1. The maximum atomic E-state index is 12.4. The van der Waals surface area contributed by atoms with Gasteiger partial charge in [0.2, 0.25) is 0 Å². The van der Waals surface area contributed by atoms with Gasteiger partial charge in [-0.1, -0.05) is 37.0 Å². The molecule has 0 bridgehead atoms. The molecule has 25 heavy (non-hydrogen) atoms. The SMILES string of the molecule is CCCOc1ccc(C=C2SC(=S)N(C(C)C(=O)[O-])C2=O)cc1OC. The van der Waals surface area contributed by atoms with Gasteiger partial charge in [0.05, 0.1) is 30.6 Å². The summed E-state index contributed by atoms with van der Waals surface area (Å²) in [4.78, 5) is 24.9. The number of nitrogens with zero attached hydrogens (tertiary/aromatic N) is 1. The fourth-order valence-electron chi connectivity index (χ4n) is 2.18. The Morgan fingerprint density at radius 2 is 2.16 bits per heavy atom. The minimum Gasteiger partial charge on any atom is -0.548 e. The van der Waals surface area contributed by atoms with E-state index in [9.17, 15) is 14.7 Å². The molecule has 1 fully saturated rings. The number of carbonyl (C=O) groups excluding carboxylic acids is 2. The average molecular weight is 380 g/mol. The fraction of sp³-hybridized carbons (Fsp3) is 0.353. The van der Waals surface area contributed by atoms with Gasteiger partial charge in [-0.25, -0.2) is 0 Å². The monoisotopic (exact) mass is 380 g/mol. The molecular formula is C17H18NO5S2-. The molecule has 1 heterocycles. The molecule has 0 spiro atoms. The summed E-state index contributed by atoms with van der Waals surface area (Å²) in [5, 5.41) is 11.0. The average Bonchev–Trinajstić information content (AvgIpc) is 2.86. The van der Waals surface area contributed by atoms with Crippen LogP contribution in [-0.2, 0) is 9.59 Å². The van der Waals surface area contributed by atoms with Gasteiger partial charge >= 0.3 is 0 Å². The van der Waals surface area contributed by atoms with Crippen molar-refractivity contribution in [3.8, 4) is 11.5 Å². The van der Waals surface area contributed by atoms with E-state index in [0.29, 0.717) is 23.0 Å². The van der Waals surface area contributed by atoms with Crippen molar-refractivity contribution >= 4 is 46.3 Å². The molecule has 134 valence electrons. The first-order chi connectivity index (χ1) is 11.9. The van der Waals surface area contributed by atoms with Crippen molar-refractivity contribution < 1.29 is 24.2 Å². The third kappa shape index (κ3) is 4.32. The van der Waals surface area contributed by atoms with E-state index >= 15 is 0 Å².